The normalized spacial score (nSPS) is 15.7. The number of alkyl halides is 3. The molecular weight excluding hydrogens is 235 g/mol. The number of nitrogens with one attached hydrogen (secondary N) is 1. The highest BCUT2D eigenvalue weighted by Crippen LogP contribution is 2.32. The quantitative estimate of drug-likeness (QED) is 0.837. The van der Waals surface area contributed by atoms with Crippen LogP contribution in [0.3, 0.4) is 0 Å². The van der Waals surface area contributed by atoms with E-state index in [0.29, 0.717) is 0 Å². The zero-order chi connectivity index (χ0) is 12.6. The van der Waals surface area contributed by atoms with Gasteiger partial charge < -0.3 is 11.1 Å². The lowest BCUT2D eigenvalue weighted by atomic mass is 10.3. The Bertz CT molecular complexity index is 455. The van der Waals surface area contributed by atoms with Crippen LogP contribution in [0.15, 0.2) is 12.1 Å². The van der Waals surface area contributed by atoms with Crippen molar-refractivity contribution < 1.29 is 18.0 Å². The Morgan fingerprint density at radius 1 is 1.41 bits per heavy atom. The van der Waals surface area contributed by atoms with Crippen molar-refractivity contribution in [2.75, 3.05) is 11.1 Å². The molecule has 1 amide bonds. The Morgan fingerprint density at radius 3 is 2.53 bits per heavy atom. The average Bonchev–Trinajstić information content (AvgIpc) is 3.02. The van der Waals surface area contributed by atoms with E-state index in [4.69, 9.17) is 5.73 Å². The first-order chi connectivity index (χ1) is 7.88. The highest BCUT2D eigenvalue weighted by molar-refractivity contribution is 5.96. The largest absolute Gasteiger partial charge is 0.433 e. The molecule has 4 nitrogen and oxygen atoms in total. The summed E-state index contributed by atoms with van der Waals surface area (Å²) in [6.45, 7) is 0. The number of nitrogens with two attached hydrogens (primary N) is 1. The van der Waals surface area contributed by atoms with Crippen molar-refractivity contribution in [3.63, 3.8) is 0 Å². The number of carbonyl (C=O) groups excluding carboxylic acids is 1. The highest BCUT2D eigenvalue weighted by Gasteiger charge is 2.33. The van der Waals surface area contributed by atoms with E-state index in [9.17, 15) is 18.0 Å². The maximum atomic E-state index is 12.3. The number of rotatable bonds is 2. The minimum atomic E-state index is -4.53. The Kier molecular flexibility index (Phi) is 2.68. The van der Waals surface area contributed by atoms with Gasteiger partial charge >= 0.3 is 6.18 Å². The van der Waals surface area contributed by atoms with E-state index in [0.717, 1.165) is 25.0 Å². The first-order valence-corrected chi connectivity index (χ1v) is 5.02. The second kappa shape index (κ2) is 3.90. The van der Waals surface area contributed by atoms with Crippen molar-refractivity contribution in [2.24, 2.45) is 5.92 Å². The lowest BCUT2D eigenvalue weighted by molar-refractivity contribution is -0.141. The van der Waals surface area contributed by atoms with Crippen LogP contribution >= 0.6 is 0 Å². The van der Waals surface area contributed by atoms with Gasteiger partial charge in [0.05, 0.1) is 5.69 Å². The summed E-state index contributed by atoms with van der Waals surface area (Å²) in [7, 11) is 0. The first kappa shape index (κ1) is 11.7. The molecule has 3 N–H and O–H groups in total. The zero-order valence-electron chi connectivity index (χ0n) is 8.71. The molecule has 0 bridgehead atoms. The number of carbonyl (C=O) groups is 1. The fourth-order valence-electron chi connectivity index (χ4n) is 1.32. The summed E-state index contributed by atoms with van der Waals surface area (Å²) in [6.07, 6.45) is -2.92. The third-order valence-electron chi connectivity index (χ3n) is 2.42. The molecule has 1 aliphatic carbocycles. The number of hydrogen-bond donors (Lipinski definition) is 2. The van der Waals surface area contributed by atoms with Gasteiger partial charge in [-0.15, -0.1) is 0 Å². The standard InChI is InChI=1S/C10H10F3N3O/c11-10(12,13)7-4-3-6(8(14)16-7)15-9(17)5-1-2-5/h3-5H,1-2H2,(H2,14,16)(H,15,17). The van der Waals surface area contributed by atoms with Crippen molar-refractivity contribution in [1.82, 2.24) is 4.98 Å². The van der Waals surface area contributed by atoms with Gasteiger partial charge in [0.1, 0.15) is 11.5 Å². The average molecular weight is 245 g/mol. The second-order valence-corrected chi connectivity index (χ2v) is 3.89. The smallest absolute Gasteiger partial charge is 0.382 e. The fraction of sp³-hybridized carbons (Fsp3) is 0.400. The van der Waals surface area contributed by atoms with Crippen LogP contribution in [-0.2, 0) is 11.0 Å². The predicted octanol–water partition coefficient (Wildman–Crippen LogP) is 2.03. The topological polar surface area (TPSA) is 68.0 Å². The van der Waals surface area contributed by atoms with Crippen molar-refractivity contribution in [1.29, 1.82) is 0 Å². The molecule has 0 atom stereocenters. The van der Waals surface area contributed by atoms with Crippen LogP contribution in [0.1, 0.15) is 18.5 Å². The SMILES string of the molecule is Nc1nc(C(F)(F)F)ccc1NC(=O)C1CC1. The molecule has 1 aromatic rings. The Labute approximate surface area is 95.0 Å². The number of aromatic nitrogens is 1. The zero-order valence-corrected chi connectivity index (χ0v) is 8.71. The third kappa shape index (κ3) is 2.66. The molecule has 1 aliphatic rings. The Balaban J connectivity index is 2.16. The van der Waals surface area contributed by atoms with Gasteiger partial charge in [0.25, 0.3) is 0 Å². The van der Waals surface area contributed by atoms with E-state index < -0.39 is 11.9 Å². The van der Waals surface area contributed by atoms with Crippen LogP contribution in [0, 0.1) is 5.92 Å². The predicted molar refractivity (Wildman–Crippen MR) is 55.0 cm³/mol. The number of hydrogen-bond acceptors (Lipinski definition) is 3. The van der Waals surface area contributed by atoms with Crippen LogP contribution in [0.5, 0.6) is 0 Å². The molecule has 2 rings (SSSR count). The number of nitrogens with zero attached hydrogens (tertiary/aromatic N) is 1. The van der Waals surface area contributed by atoms with Gasteiger partial charge in [0, 0.05) is 5.92 Å². The molecular formula is C10H10F3N3O. The number of halogens is 3. The van der Waals surface area contributed by atoms with Gasteiger partial charge in [-0.25, -0.2) is 4.98 Å². The summed E-state index contributed by atoms with van der Waals surface area (Å²) in [6, 6.07) is 1.91. The summed E-state index contributed by atoms with van der Waals surface area (Å²) >= 11 is 0. The van der Waals surface area contributed by atoms with Crippen LogP contribution in [0.4, 0.5) is 24.7 Å². The van der Waals surface area contributed by atoms with E-state index >= 15 is 0 Å². The summed E-state index contributed by atoms with van der Waals surface area (Å²) in [5, 5.41) is 2.46. The summed E-state index contributed by atoms with van der Waals surface area (Å²) in [5.41, 5.74) is 4.41. The fourth-order valence-corrected chi connectivity index (χ4v) is 1.32. The van der Waals surface area contributed by atoms with Gasteiger partial charge in [0.15, 0.2) is 0 Å². The molecule has 17 heavy (non-hydrogen) atoms. The molecule has 7 heteroatoms. The van der Waals surface area contributed by atoms with Crippen LogP contribution < -0.4 is 11.1 Å². The first-order valence-electron chi connectivity index (χ1n) is 5.02. The molecule has 0 spiro atoms. The molecule has 0 aromatic carbocycles. The molecule has 1 fully saturated rings. The molecule has 1 aromatic heterocycles. The molecule has 92 valence electrons. The van der Waals surface area contributed by atoms with Gasteiger partial charge in [0.2, 0.25) is 5.91 Å². The van der Waals surface area contributed by atoms with Gasteiger partial charge in [-0.05, 0) is 25.0 Å². The van der Waals surface area contributed by atoms with Crippen molar-refractivity contribution >= 4 is 17.4 Å². The van der Waals surface area contributed by atoms with Crippen molar-refractivity contribution in [3.8, 4) is 0 Å². The molecule has 0 radical (unpaired) electrons. The van der Waals surface area contributed by atoms with Crippen molar-refractivity contribution in [3.05, 3.63) is 17.8 Å². The van der Waals surface area contributed by atoms with E-state index in [1.165, 1.54) is 0 Å². The monoisotopic (exact) mass is 245 g/mol. The minimum absolute atomic E-state index is 0.0447. The Hall–Kier alpha value is -1.79. The molecule has 0 unspecified atom stereocenters. The Morgan fingerprint density at radius 2 is 2.06 bits per heavy atom. The van der Waals surface area contributed by atoms with Gasteiger partial charge in [-0.1, -0.05) is 0 Å². The number of anilines is 2. The summed E-state index contributed by atoms with van der Waals surface area (Å²) in [4.78, 5) is 14.6. The summed E-state index contributed by atoms with van der Waals surface area (Å²) in [5.74, 6) is -0.594. The maximum Gasteiger partial charge on any atom is 0.433 e. The maximum absolute atomic E-state index is 12.3. The lowest BCUT2D eigenvalue weighted by Crippen LogP contribution is -2.16. The number of amides is 1. The third-order valence-corrected chi connectivity index (χ3v) is 2.42. The highest BCUT2D eigenvalue weighted by atomic mass is 19.4. The van der Waals surface area contributed by atoms with E-state index in [1.54, 1.807) is 0 Å². The number of pyridine rings is 1. The molecule has 1 heterocycles. The molecule has 0 saturated heterocycles. The van der Waals surface area contributed by atoms with Crippen LogP contribution in [0.2, 0.25) is 0 Å². The summed E-state index contributed by atoms with van der Waals surface area (Å²) < 4.78 is 36.9. The second-order valence-electron chi connectivity index (χ2n) is 3.89. The van der Waals surface area contributed by atoms with Crippen molar-refractivity contribution in [2.45, 2.75) is 19.0 Å². The van der Waals surface area contributed by atoms with Gasteiger partial charge in [-0.3, -0.25) is 4.79 Å². The lowest BCUT2D eigenvalue weighted by Gasteiger charge is -2.10. The number of nitrogen functional groups attached to an aromatic ring is 1. The van der Waals surface area contributed by atoms with E-state index in [-0.39, 0.29) is 23.3 Å². The minimum Gasteiger partial charge on any atom is -0.382 e. The van der Waals surface area contributed by atoms with Crippen LogP contribution in [0.25, 0.3) is 0 Å². The molecule has 0 aliphatic heterocycles. The van der Waals surface area contributed by atoms with E-state index in [2.05, 4.69) is 10.3 Å². The van der Waals surface area contributed by atoms with Crippen LogP contribution in [-0.4, -0.2) is 10.9 Å². The molecule has 1 saturated carbocycles. The van der Waals surface area contributed by atoms with Gasteiger partial charge in [-0.2, -0.15) is 13.2 Å². The van der Waals surface area contributed by atoms with E-state index in [1.807, 2.05) is 0 Å².